The molecule has 0 aliphatic heterocycles. The van der Waals surface area contributed by atoms with Crippen molar-refractivity contribution in [2.75, 3.05) is 0 Å². The first kappa shape index (κ1) is 17.6. The zero-order valence-electron chi connectivity index (χ0n) is 14.0. The fourth-order valence-corrected chi connectivity index (χ4v) is 2.68. The Labute approximate surface area is 152 Å². The van der Waals surface area contributed by atoms with Crippen LogP contribution in [0, 0.1) is 0 Å². The van der Waals surface area contributed by atoms with Gasteiger partial charge in [0.1, 0.15) is 12.2 Å². The molecule has 2 aromatic heterocycles. The summed E-state index contributed by atoms with van der Waals surface area (Å²) < 4.78 is 3.65. The van der Waals surface area contributed by atoms with Crippen LogP contribution >= 0.6 is 11.6 Å². The lowest BCUT2D eigenvalue weighted by Crippen LogP contribution is -2.37. The molecule has 0 atom stereocenters. The number of imidazole rings is 1. The first-order valence-electron chi connectivity index (χ1n) is 7.57. The monoisotopic (exact) mass is 374 g/mol. The highest BCUT2D eigenvalue weighted by molar-refractivity contribution is 6.33. The van der Waals surface area contributed by atoms with E-state index in [0.29, 0.717) is 10.6 Å². The predicted molar refractivity (Wildman–Crippen MR) is 97.4 cm³/mol. The SMILES string of the molecule is Cn1c(=O)c2ncn(CC(=O)N/N=C\c3ccccc3Cl)c2n(C)c1=O. The molecule has 0 fully saturated rings. The summed E-state index contributed by atoms with van der Waals surface area (Å²) >= 11 is 6.00. The molecule has 3 rings (SSSR count). The highest BCUT2D eigenvalue weighted by Gasteiger charge is 2.15. The number of aryl methyl sites for hydroxylation is 1. The van der Waals surface area contributed by atoms with Gasteiger partial charge in [-0.05, 0) is 6.07 Å². The summed E-state index contributed by atoms with van der Waals surface area (Å²) in [6, 6.07) is 7.06. The van der Waals surface area contributed by atoms with Gasteiger partial charge in [-0.2, -0.15) is 5.10 Å². The molecule has 1 N–H and O–H groups in total. The van der Waals surface area contributed by atoms with E-state index in [1.165, 1.54) is 35.8 Å². The molecule has 0 bridgehead atoms. The molecule has 2 heterocycles. The Morgan fingerprint density at radius 3 is 2.73 bits per heavy atom. The molecule has 10 heteroatoms. The fraction of sp³-hybridized carbons (Fsp3) is 0.188. The van der Waals surface area contributed by atoms with Crippen molar-refractivity contribution in [2.24, 2.45) is 19.2 Å². The highest BCUT2D eigenvalue weighted by atomic mass is 35.5. The maximum absolute atomic E-state index is 12.1. The van der Waals surface area contributed by atoms with Crippen LogP contribution in [0.1, 0.15) is 5.56 Å². The van der Waals surface area contributed by atoms with Crippen molar-refractivity contribution in [3.8, 4) is 0 Å². The lowest BCUT2D eigenvalue weighted by molar-refractivity contribution is -0.121. The Balaban J connectivity index is 1.81. The molecule has 0 unspecified atom stereocenters. The van der Waals surface area contributed by atoms with Crippen LogP contribution in [0.3, 0.4) is 0 Å². The number of nitrogens with zero attached hydrogens (tertiary/aromatic N) is 5. The fourth-order valence-electron chi connectivity index (χ4n) is 2.50. The van der Waals surface area contributed by atoms with E-state index in [1.54, 1.807) is 24.3 Å². The van der Waals surface area contributed by atoms with Crippen molar-refractivity contribution in [3.63, 3.8) is 0 Å². The second-order valence-corrected chi connectivity index (χ2v) is 5.97. The molecule has 0 radical (unpaired) electrons. The number of aromatic nitrogens is 4. The number of nitrogens with one attached hydrogen (secondary N) is 1. The van der Waals surface area contributed by atoms with E-state index in [4.69, 9.17) is 11.6 Å². The van der Waals surface area contributed by atoms with Crippen LogP contribution in [0.25, 0.3) is 11.2 Å². The Hall–Kier alpha value is -3.20. The van der Waals surface area contributed by atoms with Crippen LogP contribution in [0.4, 0.5) is 0 Å². The van der Waals surface area contributed by atoms with Crippen molar-refractivity contribution in [1.82, 2.24) is 24.1 Å². The van der Waals surface area contributed by atoms with Crippen LogP contribution in [0.5, 0.6) is 0 Å². The van der Waals surface area contributed by atoms with Crippen molar-refractivity contribution >= 4 is 34.9 Å². The number of rotatable bonds is 4. The van der Waals surface area contributed by atoms with Gasteiger partial charge in [-0.25, -0.2) is 15.2 Å². The molecule has 0 spiro atoms. The second-order valence-electron chi connectivity index (χ2n) is 5.57. The van der Waals surface area contributed by atoms with E-state index in [2.05, 4.69) is 15.5 Å². The summed E-state index contributed by atoms with van der Waals surface area (Å²) in [6.07, 6.45) is 2.76. The lowest BCUT2D eigenvalue weighted by Gasteiger charge is -2.07. The molecule has 3 aromatic rings. The first-order chi connectivity index (χ1) is 12.4. The van der Waals surface area contributed by atoms with Crippen molar-refractivity contribution in [3.05, 3.63) is 62.0 Å². The van der Waals surface area contributed by atoms with E-state index in [-0.39, 0.29) is 17.7 Å². The molecule has 1 aromatic carbocycles. The minimum Gasteiger partial charge on any atom is -0.307 e. The number of halogens is 1. The van der Waals surface area contributed by atoms with Crippen molar-refractivity contribution in [2.45, 2.75) is 6.54 Å². The van der Waals surface area contributed by atoms with Crippen molar-refractivity contribution in [1.29, 1.82) is 0 Å². The third kappa shape index (κ3) is 3.16. The average molecular weight is 375 g/mol. The van der Waals surface area contributed by atoms with Crippen LogP contribution < -0.4 is 16.7 Å². The van der Waals surface area contributed by atoms with Crippen molar-refractivity contribution < 1.29 is 4.79 Å². The Bertz CT molecular complexity index is 1140. The molecule has 134 valence electrons. The first-order valence-corrected chi connectivity index (χ1v) is 7.95. The van der Waals surface area contributed by atoms with Crippen LogP contribution in [0.15, 0.2) is 45.3 Å². The number of hydrazone groups is 1. The molecule has 0 aliphatic carbocycles. The smallest absolute Gasteiger partial charge is 0.307 e. The van der Waals surface area contributed by atoms with Gasteiger partial charge in [0.05, 0.1) is 12.5 Å². The summed E-state index contributed by atoms with van der Waals surface area (Å²) in [6.45, 7) is -0.156. The van der Waals surface area contributed by atoms with Gasteiger partial charge in [0.2, 0.25) is 0 Å². The third-order valence-electron chi connectivity index (χ3n) is 3.82. The molecule has 26 heavy (non-hydrogen) atoms. The number of hydrogen-bond donors (Lipinski definition) is 1. The summed E-state index contributed by atoms with van der Waals surface area (Å²) in [5.41, 5.74) is 2.40. The molecule has 0 aliphatic rings. The van der Waals surface area contributed by atoms with E-state index in [1.807, 2.05) is 0 Å². The molecule has 9 nitrogen and oxygen atoms in total. The molecular formula is C16H15ClN6O3. The summed E-state index contributed by atoms with van der Waals surface area (Å²) in [4.78, 5) is 40.3. The third-order valence-corrected chi connectivity index (χ3v) is 4.17. The van der Waals surface area contributed by atoms with Crippen LogP contribution in [-0.2, 0) is 25.4 Å². The zero-order chi connectivity index (χ0) is 18.8. The van der Waals surface area contributed by atoms with Gasteiger partial charge in [0.15, 0.2) is 5.52 Å². The molecule has 0 saturated carbocycles. The maximum atomic E-state index is 12.1. The minimum atomic E-state index is -0.515. The van der Waals surface area contributed by atoms with Gasteiger partial charge in [-0.1, -0.05) is 29.8 Å². The number of amides is 1. The zero-order valence-corrected chi connectivity index (χ0v) is 14.8. The van der Waals surface area contributed by atoms with E-state index in [0.717, 1.165) is 4.57 Å². The van der Waals surface area contributed by atoms with Gasteiger partial charge in [-0.3, -0.25) is 18.7 Å². The van der Waals surface area contributed by atoms with E-state index >= 15 is 0 Å². The largest absolute Gasteiger partial charge is 0.332 e. The molecule has 0 saturated heterocycles. The number of benzene rings is 1. The Morgan fingerprint density at radius 2 is 2.00 bits per heavy atom. The lowest BCUT2D eigenvalue weighted by atomic mass is 10.2. The van der Waals surface area contributed by atoms with Gasteiger partial charge in [0.25, 0.3) is 11.5 Å². The van der Waals surface area contributed by atoms with Gasteiger partial charge < -0.3 is 4.57 Å². The van der Waals surface area contributed by atoms with Crippen LogP contribution in [-0.4, -0.2) is 30.8 Å². The standard InChI is InChI=1S/C16H15ClN6O3/c1-21-14-13(15(25)22(2)16(21)26)18-9-23(14)8-12(24)20-19-7-10-5-3-4-6-11(10)17/h3-7,9H,8H2,1-2H3,(H,20,24)/b19-7-. The number of hydrogen-bond acceptors (Lipinski definition) is 5. The predicted octanol–water partition coefficient (Wildman–Crippen LogP) is 0.237. The average Bonchev–Trinajstić information content (AvgIpc) is 3.03. The Morgan fingerprint density at radius 1 is 1.27 bits per heavy atom. The number of carbonyl (C=O) groups is 1. The van der Waals surface area contributed by atoms with E-state index in [9.17, 15) is 14.4 Å². The topological polar surface area (TPSA) is 103 Å². The second kappa shape index (κ2) is 6.96. The maximum Gasteiger partial charge on any atom is 0.332 e. The summed E-state index contributed by atoms with van der Waals surface area (Å²) in [7, 11) is 2.88. The molecule has 1 amide bonds. The summed E-state index contributed by atoms with van der Waals surface area (Å²) in [5, 5.41) is 4.37. The quantitative estimate of drug-likeness (QED) is 0.521. The van der Waals surface area contributed by atoms with Gasteiger partial charge in [0, 0.05) is 24.7 Å². The minimum absolute atomic E-state index is 0.113. The number of fused-ring (bicyclic) bond motifs is 1. The Kier molecular flexibility index (Phi) is 4.72. The summed E-state index contributed by atoms with van der Waals surface area (Å²) in [5.74, 6) is -0.444. The highest BCUT2D eigenvalue weighted by Crippen LogP contribution is 2.12. The van der Waals surface area contributed by atoms with Gasteiger partial charge >= 0.3 is 5.69 Å². The van der Waals surface area contributed by atoms with Gasteiger partial charge in [-0.15, -0.1) is 0 Å². The number of carbonyl (C=O) groups excluding carboxylic acids is 1. The normalized spacial score (nSPS) is 11.3. The van der Waals surface area contributed by atoms with E-state index < -0.39 is 17.2 Å². The van der Waals surface area contributed by atoms with Crippen LogP contribution in [0.2, 0.25) is 5.02 Å². The molecular weight excluding hydrogens is 360 g/mol.